The molecule has 176 valence electrons. The van der Waals surface area contributed by atoms with Gasteiger partial charge in [-0.05, 0) is 72.3 Å². The molecule has 0 aromatic rings. The van der Waals surface area contributed by atoms with E-state index in [1.807, 2.05) is 0 Å². The van der Waals surface area contributed by atoms with Crippen LogP contribution in [0.2, 0.25) is 0 Å². The number of amides is 3. The van der Waals surface area contributed by atoms with Crippen molar-refractivity contribution < 1.29 is 29.0 Å². The van der Waals surface area contributed by atoms with Gasteiger partial charge in [0.05, 0.1) is 6.04 Å². The fourth-order valence-electron chi connectivity index (χ4n) is 3.90. The number of hydrogen-bond acceptors (Lipinski definition) is 6. The van der Waals surface area contributed by atoms with E-state index < -0.39 is 29.7 Å². The molecule has 2 heterocycles. The van der Waals surface area contributed by atoms with Gasteiger partial charge in [0.1, 0.15) is 17.7 Å². The predicted molar refractivity (Wildman–Crippen MR) is 113 cm³/mol. The van der Waals surface area contributed by atoms with Crippen LogP contribution in [0.15, 0.2) is 0 Å². The fourth-order valence-corrected chi connectivity index (χ4v) is 3.90. The zero-order valence-electron chi connectivity index (χ0n) is 18.7. The molecule has 3 atom stereocenters. The van der Waals surface area contributed by atoms with Crippen LogP contribution in [-0.4, -0.2) is 77.2 Å². The van der Waals surface area contributed by atoms with Crippen molar-refractivity contribution in [3.63, 3.8) is 0 Å². The predicted octanol–water partition coefficient (Wildman–Crippen LogP) is 0.994. The third-order valence-electron chi connectivity index (χ3n) is 5.40. The van der Waals surface area contributed by atoms with Crippen LogP contribution in [0, 0.1) is 0 Å². The van der Waals surface area contributed by atoms with Gasteiger partial charge in [-0.3, -0.25) is 9.59 Å². The molecule has 2 saturated heterocycles. The highest BCUT2D eigenvalue weighted by molar-refractivity contribution is 5.92. The minimum absolute atomic E-state index is 0.228. The molecule has 0 saturated carbocycles. The summed E-state index contributed by atoms with van der Waals surface area (Å²) < 4.78 is 5.18. The molecule has 0 aromatic heterocycles. The highest BCUT2D eigenvalue weighted by Gasteiger charge is 2.38. The summed E-state index contributed by atoms with van der Waals surface area (Å²) in [4.78, 5) is 50.2. The van der Waals surface area contributed by atoms with Crippen molar-refractivity contribution in [2.75, 3.05) is 19.6 Å². The van der Waals surface area contributed by atoms with Gasteiger partial charge in [0.25, 0.3) is 0 Å². The molecular weight excluding hydrogens is 404 g/mol. The maximum atomic E-state index is 13.1. The summed E-state index contributed by atoms with van der Waals surface area (Å²) in [6.45, 7) is 6.88. The number of alkyl carbamates (subject to hydrolysis) is 1. The lowest BCUT2D eigenvalue weighted by Gasteiger charge is -2.28. The van der Waals surface area contributed by atoms with Crippen LogP contribution in [-0.2, 0) is 19.1 Å². The molecule has 4 N–H and O–H groups in total. The van der Waals surface area contributed by atoms with Crippen molar-refractivity contribution >= 4 is 23.9 Å². The highest BCUT2D eigenvalue weighted by Crippen LogP contribution is 2.20. The number of unbranched alkanes of at least 4 members (excludes halogenated alkanes) is 1. The summed E-state index contributed by atoms with van der Waals surface area (Å²) in [6, 6.07) is -1.94. The molecule has 3 amide bonds. The zero-order valence-corrected chi connectivity index (χ0v) is 18.7. The van der Waals surface area contributed by atoms with Gasteiger partial charge >= 0.3 is 12.1 Å². The molecular formula is C21H36N4O6. The second kappa shape index (κ2) is 11.3. The second-order valence-corrected chi connectivity index (χ2v) is 9.16. The SMILES string of the molecule is CC(C)(C)OC(=O)NCCCC[C@H](NC(=O)[C@H]1CCCN1)C(=O)N1CCC[C@H]1C(=O)O. The Balaban J connectivity index is 1.89. The number of carbonyl (C=O) groups is 4. The van der Waals surface area contributed by atoms with Crippen molar-refractivity contribution in [2.24, 2.45) is 0 Å². The van der Waals surface area contributed by atoms with Gasteiger partial charge < -0.3 is 30.7 Å². The lowest BCUT2D eigenvalue weighted by Crippen LogP contribution is -2.54. The van der Waals surface area contributed by atoms with Gasteiger partial charge in [0, 0.05) is 13.1 Å². The molecule has 0 radical (unpaired) electrons. The van der Waals surface area contributed by atoms with Crippen LogP contribution >= 0.6 is 0 Å². The van der Waals surface area contributed by atoms with Gasteiger partial charge in [-0.2, -0.15) is 0 Å². The smallest absolute Gasteiger partial charge is 0.407 e. The molecule has 0 aromatic carbocycles. The molecule has 0 spiro atoms. The van der Waals surface area contributed by atoms with Gasteiger partial charge in [-0.1, -0.05) is 0 Å². The van der Waals surface area contributed by atoms with E-state index in [1.165, 1.54) is 4.90 Å². The summed E-state index contributed by atoms with van der Waals surface area (Å²) in [5.74, 6) is -1.60. The lowest BCUT2D eigenvalue weighted by atomic mass is 10.1. The quantitative estimate of drug-likeness (QED) is 0.392. The number of nitrogens with zero attached hydrogens (tertiary/aromatic N) is 1. The Kier molecular flexibility index (Phi) is 9.09. The Bertz CT molecular complexity index is 657. The number of hydrogen-bond donors (Lipinski definition) is 4. The summed E-state index contributed by atoms with van der Waals surface area (Å²) in [5.41, 5.74) is -0.573. The number of likely N-dealkylation sites (tertiary alicyclic amines) is 1. The minimum atomic E-state index is -1.02. The largest absolute Gasteiger partial charge is 0.480 e. The topological polar surface area (TPSA) is 137 Å². The average molecular weight is 441 g/mol. The third kappa shape index (κ3) is 8.01. The average Bonchev–Trinajstić information content (AvgIpc) is 3.36. The number of ether oxygens (including phenoxy) is 1. The van der Waals surface area contributed by atoms with E-state index in [-0.39, 0.29) is 17.9 Å². The number of carbonyl (C=O) groups excluding carboxylic acids is 3. The van der Waals surface area contributed by atoms with E-state index in [9.17, 15) is 24.3 Å². The van der Waals surface area contributed by atoms with Crippen molar-refractivity contribution in [3.8, 4) is 0 Å². The molecule has 2 rings (SSSR count). The monoisotopic (exact) mass is 440 g/mol. The van der Waals surface area contributed by atoms with Gasteiger partial charge in [-0.25, -0.2) is 9.59 Å². The summed E-state index contributed by atoms with van der Waals surface area (Å²) >= 11 is 0. The molecule has 10 heteroatoms. The zero-order chi connectivity index (χ0) is 23.0. The van der Waals surface area contributed by atoms with Crippen LogP contribution < -0.4 is 16.0 Å². The number of carboxylic acids is 1. The summed E-state index contributed by atoms with van der Waals surface area (Å²) in [7, 11) is 0. The van der Waals surface area contributed by atoms with E-state index >= 15 is 0 Å². The molecule has 0 unspecified atom stereocenters. The second-order valence-electron chi connectivity index (χ2n) is 9.16. The lowest BCUT2D eigenvalue weighted by molar-refractivity contribution is -0.149. The van der Waals surface area contributed by atoms with E-state index in [0.29, 0.717) is 51.6 Å². The van der Waals surface area contributed by atoms with Gasteiger partial charge in [0.2, 0.25) is 11.8 Å². The van der Waals surface area contributed by atoms with E-state index in [0.717, 1.165) is 13.0 Å². The van der Waals surface area contributed by atoms with Crippen molar-refractivity contribution in [1.82, 2.24) is 20.9 Å². The molecule has 31 heavy (non-hydrogen) atoms. The van der Waals surface area contributed by atoms with E-state index in [4.69, 9.17) is 4.74 Å². The Morgan fingerprint density at radius 1 is 1.16 bits per heavy atom. The van der Waals surface area contributed by atoms with Crippen LogP contribution in [0.3, 0.4) is 0 Å². The molecule has 2 fully saturated rings. The molecule has 10 nitrogen and oxygen atoms in total. The number of carboxylic acid groups (broad SMARTS) is 1. The maximum absolute atomic E-state index is 13.1. The first-order valence-corrected chi connectivity index (χ1v) is 11.1. The van der Waals surface area contributed by atoms with Crippen LogP contribution in [0.25, 0.3) is 0 Å². The first-order valence-electron chi connectivity index (χ1n) is 11.1. The van der Waals surface area contributed by atoms with Crippen LogP contribution in [0.5, 0.6) is 0 Å². The normalized spacial score (nSPS) is 22.1. The maximum Gasteiger partial charge on any atom is 0.407 e. The Hall–Kier alpha value is -2.36. The van der Waals surface area contributed by atoms with Crippen LogP contribution in [0.4, 0.5) is 4.79 Å². The minimum Gasteiger partial charge on any atom is -0.480 e. The standard InChI is InChI=1S/C21H36N4O6/c1-21(2,3)31-20(30)23-11-5-4-8-15(24-17(26)14-9-6-12-22-14)18(27)25-13-7-10-16(25)19(28)29/h14-16,22H,4-13H2,1-3H3,(H,23,30)(H,24,26)(H,28,29)/t14-,15+,16+/m1/s1. The molecule has 2 aliphatic rings. The summed E-state index contributed by atoms with van der Waals surface area (Å²) in [6.07, 6.45) is 3.73. The van der Waals surface area contributed by atoms with E-state index in [1.54, 1.807) is 20.8 Å². The Morgan fingerprint density at radius 2 is 1.90 bits per heavy atom. The first-order chi connectivity index (χ1) is 14.6. The molecule has 0 bridgehead atoms. The molecule has 2 aliphatic heterocycles. The van der Waals surface area contributed by atoms with Gasteiger partial charge in [-0.15, -0.1) is 0 Å². The van der Waals surface area contributed by atoms with Gasteiger partial charge in [0.15, 0.2) is 0 Å². The third-order valence-corrected chi connectivity index (χ3v) is 5.40. The number of nitrogens with one attached hydrogen (secondary N) is 3. The van der Waals surface area contributed by atoms with Crippen LogP contribution in [0.1, 0.15) is 65.7 Å². The number of aliphatic carboxylic acids is 1. The fraction of sp³-hybridized carbons (Fsp3) is 0.810. The van der Waals surface area contributed by atoms with Crippen molar-refractivity contribution in [2.45, 2.75) is 89.4 Å². The van der Waals surface area contributed by atoms with E-state index in [2.05, 4.69) is 16.0 Å². The highest BCUT2D eigenvalue weighted by atomic mass is 16.6. The number of rotatable bonds is 9. The van der Waals surface area contributed by atoms with Crippen molar-refractivity contribution in [3.05, 3.63) is 0 Å². The van der Waals surface area contributed by atoms with Crippen molar-refractivity contribution in [1.29, 1.82) is 0 Å². The Labute approximate surface area is 183 Å². The first kappa shape index (κ1) is 24.9. The Morgan fingerprint density at radius 3 is 2.52 bits per heavy atom. The summed E-state index contributed by atoms with van der Waals surface area (Å²) in [5, 5.41) is 18.0. The molecule has 0 aliphatic carbocycles.